The van der Waals surface area contributed by atoms with Crippen molar-refractivity contribution in [3.05, 3.63) is 107 Å². The van der Waals surface area contributed by atoms with Crippen LogP contribution >= 0.6 is 0 Å². The molecule has 2 saturated heterocycles. The minimum atomic E-state index is -0.732. The Balaban J connectivity index is 1.21. The van der Waals surface area contributed by atoms with Crippen LogP contribution in [0.1, 0.15) is 146 Å². The lowest BCUT2D eigenvalue weighted by atomic mass is 9.76. The number of carbonyl (C=O) groups excluding carboxylic acids is 8. The molecule has 0 radical (unpaired) electrons. The number of hydrogen-bond donors (Lipinski definition) is 3. The van der Waals surface area contributed by atoms with Gasteiger partial charge in [0.1, 0.15) is 11.8 Å². The first-order valence-corrected chi connectivity index (χ1v) is 27.7. The van der Waals surface area contributed by atoms with Crippen molar-refractivity contribution < 1.29 is 38.4 Å². The van der Waals surface area contributed by atoms with Gasteiger partial charge >= 0.3 is 0 Å². The third-order valence-electron chi connectivity index (χ3n) is 15.5. The van der Waals surface area contributed by atoms with Gasteiger partial charge in [-0.3, -0.25) is 38.4 Å². The highest BCUT2D eigenvalue weighted by atomic mass is 16.2. The van der Waals surface area contributed by atoms with E-state index >= 15 is 0 Å². The highest BCUT2D eigenvalue weighted by Gasteiger charge is 2.42. The molecule has 0 unspecified atom stereocenters. The summed E-state index contributed by atoms with van der Waals surface area (Å²) in [6.45, 7) is 19.5. The Labute approximate surface area is 452 Å². The van der Waals surface area contributed by atoms with Crippen molar-refractivity contribution in [2.45, 2.75) is 151 Å². The van der Waals surface area contributed by atoms with Crippen LogP contribution in [0, 0.1) is 22.7 Å². The fourth-order valence-corrected chi connectivity index (χ4v) is 10.1. The lowest BCUT2D eigenvalue weighted by molar-refractivity contribution is -0.144. The molecule has 3 aromatic carbocycles. The van der Waals surface area contributed by atoms with Gasteiger partial charge in [0.25, 0.3) is 5.91 Å². The van der Waals surface area contributed by atoms with E-state index in [-0.39, 0.29) is 103 Å². The summed E-state index contributed by atoms with van der Waals surface area (Å²) in [7, 11) is 1.73. The molecule has 15 heteroatoms. The van der Waals surface area contributed by atoms with Crippen molar-refractivity contribution in [2.75, 3.05) is 52.9 Å². The Kier molecular flexibility index (Phi) is 22.5. The van der Waals surface area contributed by atoms with Crippen LogP contribution in [0.4, 0.5) is 0 Å². The number of rotatable bonds is 26. The quantitative estimate of drug-likeness (QED) is 0.0694. The average Bonchev–Trinajstić information content (AvgIpc) is 4.09. The van der Waals surface area contributed by atoms with Crippen LogP contribution in [0.3, 0.4) is 0 Å². The summed E-state index contributed by atoms with van der Waals surface area (Å²) in [4.78, 5) is 117. The van der Waals surface area contributed by atoms with E-state index in [2.05, 4.69) is 16.0 Å². The van der Waals surface area contributed by atoms with Gasteiger partial charge in [-0.25, -0.2) is 0 Å². The minimum absolute atomic E-state index is 0.0245. The van der Waals surface area contributed by atoms with Crippen molar-refractivity contribution in [1.29, 1.82) is 0 Å². The summed E-state index contributed by atoms with van der Waals surface area (Å²) < 4.78 is 0. The van der Waals surface area contributed by atoms with Gasteiger partial charge in [0.2, 0.25) is 29.5 Å². The SMILES string of the molecule is CC[C@@H](C)C(=O)N[C@H](C(=O)N1CCC[C@H]1CN(CCc1ccccc1)C(=O)CCC(=O)c1ccc(C(=O)NCC(=O)N(CCc2ccccc2)C[C@@H]2CCCN2C(=O)[C@@H](CC(=O)[C@H](C)NC)C(C)(C)C)cc1)C(C)(C)C. The van der Waals surface area contributed by atoms with Gasteiger partial charge < -0.3 is 35.6 Å². The number of amides is 6. The zero-order valence-corrected chi connectivity index (χ0v) is 47.1. The maximum atomic E-state index is 14.3. The Hall–Kier alpha value is -6.22. The van der Waals surface area contributed by atoms with E-state index in [0.717, 1.165) is 24.0 Å². The molecule has 3 aromatic rings. The number of nitrogens with zero attached hydrogens (tertiary/aromatic N) is 4. The molecule has 6 amide bonds. The largest absolute Gasteiger partial charge is 0.344 e. The lowest BCUT2D eigenvalue weighted by Gasteiger charge is -2.37. The Morgan fingerprint density at radius 3 is 1.63 bits per heavy atom. The first kappa shape index (κ1) is 60.6. The first-order valence-electron chi connectivity index (χ1n) is 27.7. The monoisotopic (exact) mass is 1050 g/mol. The first-order chi connectivity index (χ1) is 36.0. The molecule has 6 atom stereocenters. The Morgan fingerprint density at radius 1 is 0.645 bits per heavy atom. The van der Waals surface area contributed by atoms with E-state index in [9.17, 15) is 38.4 Å². The number of nitrogens with one attached hydrogen (secondary N) is 3. The molecule has 414 valence electrons. The van der Waals surface area contributed by atoms with E-state index in [0.29, 0.717) is 70.4 Å². The maximum Gasteiger partial charge on any atom is 0.251 e. The van der Waals surface area contributed by atoms with E-state index in [1.165, 1.54) is 12.1 Å². The number of likely N-dealkylation sites (N-methyl/N-ethyl adjacent to an activating group) is 1. The van der Waals surface area contributed by atoms with Gasteiger partial charge in [-0.05, 0) is 93.0 Å². The van der Waals surface area contributed by atoms with Crippen LogP contribution in [-0.2, 0) is 41.6 Å². The third-order valence-corrected chi connectivity index (χ3v) is 15.5. The van der Waals surface area contributed by atoms with Gasteiger partial charge in [0.15, 0.2) is 5.78 Å². The van der Waals surface area contributed by atoms with E-state index in [1.54, 1.807) is 35.9 Å². The lowest BCUT2D eigenvalue weighted by Crippen LogP contribution is -2.57. The molecule has 0 aromatic heterocycles. The number of carbonyl (C=O) groups is 8. The van der Waals surface area contributed by atoms with Gasteiger partial charge in [0.05, 0.1) is 12.6 Å². The summed E-state index contributed by atoms with van der Waals surface area (Å²) in [5.74, 6) is -2.43. The molecule has 76 heavy (non-hydrogen) atoms. The van der Waals surface area contributed by atoms with E-state index in [1.807, 2.05) is 126 Å². The molecule has 2 heterocycles. The van der Waals surface area contributed by atoms with Crippen LogP contribution in [0.5, 0.6) is 0 Å². The average molecular weight is 1050 g/mol. The number of ketones is 2. The van der Waals surface area contributed by atoms with Crippen LogP contribution in [-0.4, -0.2) is 144 Å². The smallest absolute Gasteiger partial charge is 0.251 e. The molecule has 2 aliphatic rings. The molecular weight excluding hydrogens is 959 g/mol. The summed E-state index contributed by atoms with van der Waals surface area (Å²) in [6, 6.07) is 24.2. The molecular formula is C61H87N7O8. The van der Waals surface area contributed by atoms with Crippen molar-refractivity contribution >= 4 is 47.0 Å². The zero-order chi connectivity index (χ0) is 55.7. The molecule has 0 saturated carbocycles. The van der Waals surface area contributed by atoms with Crippen molar-refractivity contribution in [1.82, 2.24) is 35.6 Å². The molecule has 15 nitrogen and oxygen atoms in total. The molecule has 5 rings (SSSR count). The zero-order valence-electron chi connectivity index (χ0n) is 47.1. The molecule has 0 spiro atoms. The Bertz CT molecular complexity index is 2270. The Morgan fingerprint density at radius 2 is 1.14 bits per heavy atom. The normalized spacial score (nSPS) is 17.3. The fourth-order valence-electron chi connectivity index (χ4n) is 10.1. The standard InChI is InChI=1S/C61H87N7O8/c1-11-42(2)56(73)64-55(61(7,8)9)59(76)68-35-19-25-49(68)40-65(36-32-44-20-14-12-15-21-44)53(71)31-30-51(69)46-26-28-47(29-27-46)57(74)63-39-54(72)66(37-33-45-22-16-13-17-23-45)41-48-24-18-34-67(48)58(75)50(60(4,5)6)38-52(70)43(3)62-10/h12-17,20-23,26-29,42-43,48-50,55,62H,11,18-19,24-25,30-41H2,1-10H3,(H,63,74)(H,64,73)/t42-,43+,48+,49+,50-,55-/m1/s1. The second-order valence-electron chi connectivity index (χ2n) is 23.2. The van der Waals surface area contributed by atoms with E-state index < -0.39 is 28.7 Å². The summed E-state index contributed by atoms with van der Waals surface area (Å²) >= 11 is 0. The van der Waals surface area contributed by atoms with Crippen LogP contribution in [0.25, 0.3) is 0 Å². The second-order valence-corrected chi connectivity index (χ2v) is 23.2. The maximum absolute atomic E-state index is 14.3. The third kappa shape index (κ3) is 17.4. The highest BCUT2D eigenvalue weighted by molar-refractivity contribution is 6.00. The minimum Gasteiger partial charge on any atom is -0.344 e. The molecule has 0 aliphatic carbocycles. The van der Waals surface area contributed by atoms with E-state index in [4.69, 9.17) is 0 Å². The number of hydrogen-bond acceptors (Lipinski definition) is 9. The molecule has 0 bridgehead atoms. The van der Waals surface area contributed by atoms with Gasteiger partial charge in [0, 0.05) is 93.6 Å². The number of benzene rings is 3. The number of Topliss-reactive ketones (excluding diaryl/α,β-unsaturated/α-hetero) is 2. The molecule has 3 N–H and O–H groups in total. The van der Waals surface area contributed by atoms with Gasteiger partial charge in [-0.1, -0.05) is 128 Å². The second kappa shape index (κ2) is 28.2. The van der Waals surface area contributed by atoms with Crippen LogP contribution in [0.15, 0.2) is 84.9 Å². The highest BCUT2D eigenvalue weighted by Crippen LogP contribution is 2.34. The summed E-state index contributed by atoms with van der Waals surface area (Å²) in [5, 5.41) is 8.80. The van der Waals surface area contributed by atoms with Crippen LogP contribution < -0.4 is 16.0 Å². The number of likely N-dealkylation sites (tertiary alicyclic amines) is 2. The predicted octanol–water partition coefficient (Wildman–Crippen LogP) is 7.31. The molecule has 2 aliphatic heterocycles. The summed E-state index contributed by atoms with van der Waals surface area (Å²) in [5.41, 5.74) is 1.70. The topological polar surface area (TPSA) is 186 Å². The summed E-state index contributed by atoms with van der Waals surface area (Å²) in [6.07, 6.45) is 4.80. The van der Waals surface area contributed by atoms with Crippen molar-refractivity contribution in [3.8, 4) is 0 Å². The fraction of sp³-hybridized carbons (Fsp3) is 0.574. The van der Waals surface area contributed by atoms with Crippen LogP contribution in [0.2, 0.25) is 0 Å². The van der Waals surface area contributed by atoms with Gasteiger partial charge in [-0.15, -0.1) is 0 Å². The van der Waals surface area contributed by atoms with Crippen molar-refractivity contribution in [3.63, 3.8) is 0 Å². The van der Waals surface area contributed by atoms with Gasteiger partial charge in [-0.2, -0.15) is 0 Å². The van der Waals surface area contributed by atoms with Crippen molar-refractivity contribution in [2.24, 2.45) is 22.7 Å². The predicted molar refractivity (Wildman–Crippen MR) is 297 cm³/mol. The molecule has 2 fully saturated rings.